The molecule has 2 aromatic rings. The van der Waals surface area contributed by atoms with E-state index in [4.69, 9.17) is 12.2 Å². The largest absolute Gasteiger partial charge is 0.361 e. The summed E-state index contributed by atoms with van der Waals surface area (Å²) in [6.45, 7) is 7.39. The Bertz CT molecular complexity index is 708. The Labute approximate surface area is 156 Å². The molecule has 2 N–H and O–H groups in total. The standard InChI is InChI=1S/C21H27N3S/c1-16-9-8-12-19(17(16)2)23-21(25)22-15-20(24-13-6-7-14-24)18-10-4-3-5-11-18/h3-5,8-12,20H,6-7,13-15H2,1-2H3,(H2,22,23,25)/t20-/m1/s1. The molecular weight excluding hydrogens is 326 g/mol. The number of aryl methyl sites for hydroxylation is 1. The van der Waals surface area contributed by atoms with E-state index in [1.165, 1.54) is 42.6 Å². The third kappa shape index (κ3) is 4.59. The van der Waals surface area contributed by atoms with Gasteiger partial charge in [-0.25, -0.2) is 0 Å². The number of thiocarbonyl (C=S) groups is 1. The molecule has 0 saturated carbocycles. The summed E-state index contributed by atoms with van der Waals surface area (Å²) >= 11 is 5.54. The summed E-state index contributed by atoms with van der Waals surface area (Å²) < 4.78 is 0. The van der Waals surface area contributed by atoms with Crippen LogP contribution in [-0.2, 0) is 0 Å². The van der Waals surface area contributed by atoms with E-state index in [0.717, 1.165) is 12.2 Å². The number of likely N-dealkylation sites (tertiary alicyclic amines) is 1. The van der Waals surface area contributed by atoms with Gasteiger partial charge < -0.3 is 10.6 Å². The zero-order valence-corrected chi connectivity index (χ0v) is 15.9. The number of hydrogen-bond acceptors (Lipinski definition) is 2. The molecule has 132 valence electrons. The first-order chi connectivity index (χ1) is 12.1. The van der Waals surface area contributed by atoms with Gasteiger partial charge in [0.05, 0.1) is 6.04 Å². The molecule has 1 atom stereocenters. The highest BCUT2D eigenvalue weighted by Gasteiger charge is 2.23. The average molecular weight is 354 g/mol. The van der Waals surface area contributed by atoms with Gasteiger partial charge in [-0.05, 0) is 74.8 Å². The topological polar surface area (TPSA) is 27.3 Å². The highest BCUT2D eigenvalue weighted by molar-refractivity contribution is 7.80. The smallest absolute Gasteiger partial charge is 0.170 e. The molecule has 0 aliphatic carbocycles. The summed E-state index contributed by atoms with van der Waals surface area (Å²) in [4.78, 5) is 2.56. The van der Waals surface area contributed by atoms with Crippen molar-refractivity contribution in [1.29, 1.82) is 0 Å². The van der Waals surface area contributed by atoms with E-state index in [1.807, 2.05) is 0 Å². The van der Waals surface area contributed by atoms with Crippen molar-refractivity contribution >= 4 is 23.0 Å². The van der Waals surface area contributed by atoms with E-state index >= 15 is 0 Å². The van der Waals surface area contributed by atoms with Crippen molar-refractivity contribution in [1.82, 2.24) is 10.2 Å². The van der Waals surface area contributed by atoms with Crippen molar-refractivity contribution in [3.63, 3.8) is 0 Å². The third-order valence-corrected chi connectivity index (χ3v) is 5.32. The second kappa shape index (κ2) is 8.45. The van der Waals surface area contributed by atoms with Crippen LogP contribution in [-0.4, -0.2) is 29.6 Å². The van der Waals surface area contributed by atoms with E-state index in [0.29, 0.717) is 11.2 Å². The Morgan fingerprint density at radius 1 is 1.04 bits per heavy atom. The van der Waals surface area contributed by atoms with Crippen LogP contribution in [0.25, 0.3) is 0 Å². The minimum atomic E-state index is 0.363. The molecule has 1 aliphatic rings. The second-order valence-corrected chi connectivity index (χ2v) is 7.16. The molecule has 2 aromatic carbocycles. The van der Waals surface area contributed by atoms with Crippen molar-refractivity contribution in [3.05, 3.63) is 65.2 Å². The molecule has 4 heteroatoms. The van der Waals surface area contributed by atoms with Crippen molar-refractivity contribution in [2.75, 3.05) is 25.0 Å². The van der Waals surface area contributed by atoms with Gasteiger partial charge in [0.15, 0.2) is 5.11 Å². The van der Waals surface area contributed by atoms with Gasteiger partial charge >= 0.3 is 0 Å². The van der Waals surface area contributed by atoms with Crippen LogP contribution < -0.4 is 10.6 Å². The second-order valence-electron chi connectivity index (χ2n) is 6.75. The van der Waals surface area contributed by atoms with E-state index in [1.54, 1.807) is 0 Å². The van der Waals surface area contributed by atoms with Gasteiger partial charge in [-0.3, -0.25) is 4.90 Å². The Hall–Kier alpha value is -1.91. The lowest BCUT2D eigenvalue weighted by Crippen LogP contribution is -2.38. The predicted molar refractivity (Wildman–Crippen MR) is 110 cm³/mol. The van der Waals surface area contributed by atoms with Crippen LogP contribution in [0.1, 0.15) is 35.6 Å². The third-order valence-electron chi connectivity index (χ3n) is 5.07. The molecule has 25 heavy (non-hydrogen) atoms. The van der Waals surface area contributed by atoms with E-state index < -0.39 is 0 Å². The summed E-state index contributed by atoms with van der Waals surface area (Å²) in [5, 5.41) is 7.47. The minimum absolute atomic E-state index is 0.363. The van der Waals surface area contributed by atoms with Gasteiger partial charge in [0.25, 0.3) is 0 Å². The maximum atomic E-state index is 5.54. The molecule has 0 amide bonds. The van der Waals surface area contributed by atoms with Crippen molar-refractivity contribution in [3.8, 4) is 0 Å². The van der Waals surface area contributed by atoms with Gasteiger partial charge in [-0.2, -0.15) is 0 Å². The number of hydrogen-bond donors (Lipinski definition) is 2. The van der Waals surface area contributed by atoms with Gasteiger partial charge in [0, 0.05) is 12.2 Å². The molecule has 1 saturated heterocycles. The number of benzene rings is 2. The highest BCUT2D eigenvalue weighted by atomic mass is 32.1. The normalized spacial score (nSPS) is 15.8. The quantitative estimate of drug-likeness (QED) is 0.778. The first-order valence-electron chi connectivity index (χ1n) is 9.05. The molecule has 0 unspecified atom stereocenters. The Morgan fingerprint density at radius 2 is 1.76 bits per heavy atom. The number of rotatable bonds is 5. The average Bonchev–Trinajstić information content (AvgIpc) is 3.14. The van der Waals surface area contributed by atoms with Crippen LogP contribution in [0.4, 0.5) is 5.69 Å². The maximum Gasteiger partial charge on any atom is 0.170 e. The first kappa shape index (κ1) is 17.9. The van der Waals surface area contributed by atoms with Crippen molar-refractivity contribution in [2.45, 2.75) is 32.7 Å². The van der Waals surface area contributed by atoms with E-state index in [2.05, 4.69) is 77.9 Å². The summed E-state index contributed by atoms with van der Waals surface area (Å²) in [7, 11) is 0. The molecule has 0 aromatic heterocycles. The molecule has 3 rings (SSSR count). The van der Waals surface area contributed by atoms with Crippen molar-refractivity contribution in [2.24, 2.45) is 0 Å². The molecule has 0 radical (unpaired) electrons. The van der Waals surface area contributed by atoms with Crippen LogP contribution in [0.2, 0.25) is 0 Å². The summed E-state index contributed by atoms with van der Waals surface area (Å²) in [5.41, 5.74) is 4.94. The summed E-state index contributed by atoms with van der Waals surface area (Å²) in [6.07, 6.45) is 2.57. The van der Waals surface area contributed by atoms with Gasteiger partial charge in [0.1, 0.15) is 0 Å². The Kier molecular flexibility index (Phi) is 6.05. The monoisotopic (exact) mass is 353 g/mol. The zero-order valence-electron chi connectivity index (χ0n) is 15.1. The van der Waals surface area contributed by atoms with Crippen LogP contribution >= 0.6 is 12.2 Å². The van der Waals surface area contributed by atoms with Crippen molar-refractivity contribution < 1.29 is 0 Å². The molecular formula is C21H27N3S. The number of anilines is 1. The molecule has 3 nitrogen and oxygen atoms in total. The SMILES string of the molecule is Cc1cccc(NC(=S)NC[C@H](c2ccccc2)N2CCCC2)c1C. The summed E-state index contributed by atoms with van der Waals surface area (Å²) in [6, 6.07) is 17.4. The fourth-order valence-electron chi connectivity index (χ4n) is 3.43. The molecule has 0 spiro atoms. The molecule has 1 heterocycles. The van der Waals surface area contributed by atoms with E-state index in [-0.39, 0.29) is 0 Å². The molecule has 0 bridgehead atoms. The lowest BCUT2D eigenvalue weighted by molar-refractivity contribution is 0.246. The van der Waals surface area contributed by atoms with Crippen LogP contribution in [0, 0.1) is 13.8 Å². The van der Waals surface area contributed by atoms with Crippen LogP contribution in [0.15, 0.2) is 48.5 Å². The Morgan fingerprint density at radius 3 is 2.48 bits per heavy atom. The zero-order chi connectivity index (χ0) is 17.6. The highest BCUT2D eigenvalue weighted by Crippen LogP contribution is 2.24. The molecule has 1 fully saturated rings. The Balaban J connectivity index is 1.64. The fourth-order valence-corrected chi connectivity index (χ4v) is 3.62. The lowest BCUT2D eigenvalue weighted by atomic mass is 10.1. The van der Waals surface area contributed by atoms with Gasteiger partial charge in [0.2, 0.25) is 0 Å². The fraction of sp³-hybridized carbons (Fsp3) is 0.381. The first-order valence-corrected chi connectivity index (χ1v) is 9.46. The number of nitrogens with zero attached hydrogens (tertiary/aromatic N) is 1. The minimum Gasteiger partial charge on any atom is -0.361 e. The van der Waals surface area contributed by atoms with E-state index in [9.17, 15) is 0 Å². The summed E-state index contributed by atoms with van der Waals surface area (Å²) in [5.74, 6) is 0. The maximum absolute atomic E-state index is 5.54. The predicted octanol–water partition coefficient (Wildman–Crippen LogP) is 4.43. The van der Waals surface area contributed by atoms with Gasteiger partial charge in [-0.1, -0.05) is 42.5 Å². The lowest BCUT2D eigenvalue weighted by Gasteiger charge is -2.28. The van der Waals surface area contributed by atoms with Crippen LogP contribution in [0.3, 0.4) is 0 Å². The number of nitrogens with one attached hydrogen (secondary N) is 2. The van der Waals surface area contributed by atoms with Crippen LogP contribution in [0.5, 0.6) is 0 Å². The molecule has 1 aliphatic heterocycles. The van der Waals surface area contributed by atoms with Gasteiger partial charge in [-0.15, -0.1) is 0 Å².